The van der Waals surface area contributed by atoms with Crippen molar-refractivity contribution in [2.24, 2.45) is 5.92 Å². The van der Waals surface area contributed by atoms with Crippen LogP contribution in [-0.4, -0.2) is 17.0 Å². The third-order valence-electron chi connectivity index (χ3n) is 4.46. The number of carboxylic acids is 1. The molecule has 0 aliphatic rings. The van der Waals surface area contributed by atoms with Crippen molar-refractivity contribution in [1.82, 2.24) is 5.32 Å². The van der Waals surface area contributed by atoms with Crippen LogP contribution in [0.3, 0.4) is 0 Å². The highest BCUT2D eigenvalue weighted by molar-refractivity contribution is 5.87. The fourth-order valence-electron chi connectivity index (χ4n) is 3.08. The van der Waals surface area contributed by atoms with Crippen molar-refractivity contribution in [3.8, 4) is 0 Å². The van der Waals surface area contributed by atoms with Gasteiger partial charge >= 0.3 is 5.97 Å². The molecule has 0 radical (unpaired) electrons. The first-order valence-electron chi connectivity index (χ1n) is 8.63. The highest BCUT2D eigenvalue weighted by Gasteiger charge is 2.22. The van der Waals surface area contributed by atoms with E-state index in [1.54, 1.807) is 0 Å². The molecule has 0 saturated heterocycles. The summed E-state index contributed by atoms with van der Waals surface area (Å²) in [6.45, 7) is 0.403. The second-order valence-corrected chi connectivity index (χ2v) is 6.34. The third-order valence-corrected chi connectivity index (χ3v) is 4.46. The van der Waals surface area contributed by atoms with Crippen molar-refractivity contribution in [3.05, 3.63) is 83.9 Å². The molecule has 0 unspecified atom stereocenters. The first-order valence-corrected chi connectivity index (χ1v) is 8.63. The molecule has 0 spiro atoms. The summed E-state index contributed by atoms with van der Waals surface area (Å²) in [6.07, 6.45) is 0.292. The van der Waals surface area contributed by atoms with Gasteiger partial charge in [-0.2, -0.15) is 0 Å². The number of amides is 1. The standard InChI is InChI=1S/C22H21NO3/c24-21(23-15-16-7-2-1-3-8-16)14-19(22(25)26)13-18-11-6-10-17-9-4-5-12-20(17)18/h1-12,19H,13-15H2,(H,23,24)(H,25,26)/t19-/m1/s1. The van der Waals surface area contributed by atoms with Crippen LogP contribution in [0.4, 0.5) is 0 Å². The number of rotatable bonds is 7. The Hall–Kier alpha value is -3.14. The second-order valence-electron chi connectivity index (χ2n) is 6.34. The van der Waals surface area contributed by atoms with Gasteiger partial charge in [0.2, 0.25) is 5.91 Å². The summed E-state index contributed by atoms with van der Waals surface area (Å²) >= 11 is 0. The maximum absolute atomic E-state index is 12.2. The average molecular weight is 347 g/mol. The van der Waals surface area contributed by atoms with Gasteiger partial charge in [0.05, 0.1) is 5.92 Å². The number of hydrogen-bond donors (Lipinski definition) is 2. The van der Waals surface area contributed by atoms with Crippen molar-refractivity contribution in [3.63, 3.8) is 0 Å². The SMILES string of the molecule is O=C(C[C@@H](Cc1cccc2ccccc12)C(=O)O)NCc1ccccc1. The Morgan fingerprint density at radius 3 is 2.35 bits per heavy atom. The van der Waals surface area contributed by atoms with Gasteiger partial charge in [0.1, 0.15) is 0 Å². The number of benzene rings is 3. The molecule has 3 aromatic rings. The number of hydrogen-bond acceptors (Lipinski definition) is 2. The van der Waals surface area contributed by atoms with Crippen molar-refractivity contribution in [2.45, 2.75) is 19.4 Å². The average Bonchev–Trinajstić information content (AvgIpc) is 2.67. The van der Waals surface area contributed by atoms with E-state index >= 15 is 0 Å². The minimum atomic E-state index is -0.951. The third kappa shape index (κ3) is 4.48. The van der Waals surface area contributed by atoms with Crippen LogP contribution in [0, 0.1) is 5.92 Å². The molecule has 4 heteroatoms. The van der Waals surface area contributed by atoms with E-state index < -0.39 is 11.9 Å². The van der Waals surface area contributed by atoms with Crippen LogP contribution in [0.5, 0.6) is 0 Å². The molecule has 132 valence electrons. The van der Waals surface area contributed by atoms with Gasteiger partial charge in [-0.25, -0.2) is 0 Å². The lowest BCUT2D eigenvalue weighted by molar-refractivity contribution is -0.144. The molecule has 0 heterocycles. The van der Waals surface area contributed by atoms with E-state index in [2.05, 4.69) is 5.32 Å². The Morgan fingerprint density at radius 1 is 0.885 bits per heavy atom. The van der Waals surface area contributed by atoms with Crippen molar-refractivity contribution in [2.75, 3.05) is 0 Å². The molecular formula is C22H21NO3. The van der Waals surface area contributed by atoms with Crippen molar-refractivity contribution in [1.29, 1.82) is 0 Å². The van der Waals surface area contributed by atoms with E-state index in [9.17, 15) is 14.7 Å². The van der Waals surface area contributed by atoms with Crippen LogP contribution in [0.15, 0.2) is 72.8 Å². The lowest BCUT2D eigenvalue weighted by Crippen LogP contribution is -2.29. The Balaban J connectivity index is 1.67. The van der Waals surface area contributed by atoms with Gasteiger partial charge < -0.3 is 10.4 Å². The van der Waals surface area contributed by atoms with E-state index in [1.807, 2.05) is 72.8 Å². The lowest BCUT2D eigenvalue weighted by atomic mass is 9.92. The number of carbonyl (C=O) groups is 2. The molecule has 0 aromatic heterocycles. The smallest absolute Gasteiger partial charge is 0.307 e. The van der Waals surface area contributed by atoms with Gasteiger partial charge in [0, 0.05) is 13.0 Å². The van der Waals surface area contributed by atoms with E-state index in [4.69, 9.17) is 0 Å². The van der Waals surface area contributed by atoms with Gasteiger partial charge in [0.25, 0.3) is 0 Å². The fraction of sp³-hybridized carbons (Fsp3) is 0.182. The number of aliphatic carboxylic acids is 1. The summed E-state index contributed by atoms with van der Waals surface area (Å²) in [6, 6.07) is 23.3. The van der Waals surface area contributed by atoms with Crippen LogP contribution in [0.2, 0.25) is 0 Å². The summed E-state index contributed by atoms with van der Waals surface area (Å²) in [4.78, 5) is 23.9. The number of nitrogens with one attached hydrogen (secondary N) is 1. The zero-order valence-electron chi connectivity index (χ0n) is 14.4. The summed E-state index contributed by atoms with van der Waals surface area (Å²) in [7, 11) is 0. The van der Waals surface area contributed by atoms with Crippen LogP contribution in [0.1, 0.15) is 17.5 Å². The Bertz CT molecular complexity index is 900. The Labute approximate surface area is 152 Å². The first kappa shape index (κ1) is 17.7. The molecule has 0 aliphatic carbocycles. The zero-order valence-corrected chi connectivity index (χ0v) is 14.4. The Morgan fingerprint density at radius 2 is 1.58 bits per heavy atom. The van der Waals surface area contributed by atoms with E-state index in [0.717, 1.165) is 21.9 Å². The van der Waals surface area contributed by atoms with Gasteiger partial charge in [-0.1, -0.05) is 72.8 Å². The first-order chi connectivity index (χ1) is 12.6. The quantitative estimate of drug-likeness (QED) is 0.683. The van der Waals surface area contributed by atoms with Crippen molar-refractivity contribution < 1.29 is 14.7 Å². The molecule has 3 aromatic carbocycles. The maximum atomic E-state index is 12.2. The molecule has 4 nitrogen and oxygen atoms in total. The lowest BCUT2D eigenvalue weighted by Gasteiger charge is -2.14. The van der Waals surface area contributed by atoms with Crippen LogP contribution < -0.4 is 5.32 Å². The second kappa shape index (κ2) is 8.30. The minimum absolute atomic E-state index is 0.0363. The van der Waals surface area contributed by atoms with E-state index in [-0.39, 0.29) is 12.3 Å². The molecule has 2 N–H and O–H groups in total. The predicted molar refractivity (Wildman–Crippen MR) is 102 cm³/mol. The highest BCUT2D eigenvalue weighted by Crippen LogP contribution is 2.22. The molecule has 0 bridgehead atoms. The normalized spacial score (nSPS) is 11.8. The Kier molecular flexibility index (Phi) is 5.64. The molecule has 0 aliphatic heterocycles. The van der Waals surface area contributed by atoms with Crippen LogP contribution in [-0.2, 0) is 22.6 Å². The molecule has 1 atom stereocenters. The van der Waals surface area contributed by atoms with Gasteiger partial charge in [-0.05, 0) is 28.3 Å². The maximum Gasteiger partial charge on any atom is 0.307 e. The predicted octanol–water partition coefficient (Wildman–Crippen LogP) is 3.79. The minimum Gasteiger partial charge on any atom is -0.481 e. The molecule has 0 saturated carbocycles. The summed E-state index contributed by atoms with van der Waals surface area (Å²) in [5.74, 6) is -1.95. The van der Waals surface area contributed by atoms with Gasteiger partial charge in [0.15, 0.2) is 0 Å². The topological polar surface area (TPSA) is 66.4 Å². The molecule has 0 fully saturated rings. The molecular weight excluding hydrogens is 326 g/mol. The number of carboxylic acid groups (broad SMARTS) is 1. The van der Waals surface area contributed by atoms with Crippen LogP contribution >= 0.6 is 0 Å². The van der Waals surface area contributed by atoms with E-state index in [1.165, 1.54) is 0 Å². The summed E-state index contributed by atoms with van der Waals surface area (Å²) in [5, 5.41) is 14.5. The largest absolute Gasteiger partial charge is 0.481 e. The highest BCUT2D eigenvalue weighted by atomic mass is 16.4. The number of fused-ring (bicyclic) bond motifs is 1. The zero-order chi connectivity index (χ0) is 18.4. The monoisotopic (exact) mass is 347 g/mol. The van der Waals surface area contributed by atoms with Crippen molar-refractivity contribution >= 4 is 22.6 Å². The molecule has 3 rings (SSSR count). The fourth-order valence-corrected chi connectivity index (χ4v) is 3.08. The van der Waals surface area contributed by atoms with E-state index in [0.29, 0.717) is 13.0 Å². The summed E-state index contributed by atoms with van der Waals surface area (Å²) < 4.78 is 0. The van der Waals surface area contributed by atoms with Gasteiger partial charge in [-0.3, -0.25) is 9.59 Å². The molecule has 26 heavy (non-hydrogen) atoms. The van der Waals surface area contributed by atoms with Gasteiger partial charge in [-0.15, -0.1) is 0 Å². The molecule has 1 amide bonds. The summed E-state index contributed by atoms with van der Waals surface area (Å²) in [5.41, 5.74) is 1.94. The van der Waals surface area contributed by atoms with Crippen LogP contribution in [0.25, 0.3) is 10.8 Å². The number of carbonyl (C=O) groups excluding carboxylic acids is 1.